The highest BCUT2D eigenvalue weighted by Gasteiger charge is 2.27. The van der Waals surface area contributed by atoms with Gasteiger partial charge in [0, 0.05) is 17.8 Å². The number of hydrogen-bond acceptors (Lipinski definition) is 2. The fourth-order valence-electron chi connectivity index (χ4n) is 2.17. The minimum atomic E-state index is -0.180. The number of carbonyl (C=O) groups excluding carboxylic acids is 1. The normalized spacial score (nSPS) is 18.4. The van der Waals surface area contributed by atoms with Gasteiger partial charge in [-0.2, -0.15) is 0 Å². The molecule has 94 valence electrons. The van der Waals surface area contributed by atoms with Crippen LogP contribution in [-0.4, -0.2) is 35.2 Å². The molecule has 18 heavy (non-hydrogen) atoms. The molecule has 2 amide bonds. The molecule has 1 aromatic carbocycles. The van der Waals surface area contributed by atoms with E-state index in [2.05, 4.69) is 11.2 Å². The Labute approximate surface area is 107 Å². The Bertz CT molecular complexity index is 479. The Morgan fingerprint density at radius 2 is 2.44 bits per heavy atom. The van der Waals surface area contributed by atoms with Gasteiger partial charge in [0.15, 0.2) is 0 Å². The first-order valence-electron chi connectivity index (χ1n) is 5.99. The summed E-state index contributed by atoms with van der Waals surface area (Å²) in [6.45, 7) is 0.698. The quantitative estimate of drug-likeness (QED) is 0.777. The number of benzene rings is 1. The molecule has 4 nitrogen and oxygen atoms in total. The first kappa shape index (κ1) is 12.5. The van der Waals surface area contributed by atoms with Crippen LogP contribution in [0.1, 0.15) is 18.4 Å². The predicted molar refractivity (Wildman–Crippen MR) is 70.2 cm³/mol. The number of anilines is 1. The lowest BCUT2D eigenvalue weighted by Crippen LogP contribution is -2.40. The molecule has 1 fully saturated rings. The van der Waals surface area contributed by atoms with Gasteiger partial charge in [0.2, 0.25) is 0 Å². The van der Waals surface area contributed by atoms with Crippen molar-refractivity contribution in [2.24, 2.45) is 0 Å². The molecule has 0 spiro atoms. The molecule has 4 heteroatoms. The number of aliphatic hydroxyl groups is 1. The van der Waals surface area contributed by atoms with E-state index in [9.17, 15) is 9.90 Å². The van der Waals surface area contributed by atoms with Crippen molar-refractivity contribution in [1.29, 1.82) is 0 Å². The molecule has 1 heterocycles. The molecule has 1 aliphatic heterocycles. The monoisotopic (exact) mass is 244 g/mol. The SMILES string of the molecule is C#Cc1cccc(NC(=O)N2CCC[C@H]2CO)c1. The van der Waals surface area contributed by atoms with Crippen molar-refractivity contribution in [2.75, 3.05) is 18.5 Å². The number of carbonyl (C=O) groups is 1. The molecule has 0 aliphatic carbocycles. The summed E-state index contributed by atoms with van der Waals surface area (Å²) in [6, 6.07) is 6.91. The van der Waals surface area contributed by atoms with Crippen molar-refractivity contribution in [3.63, 3.8) is 0 Å². The molecule has 1 aromatic rings. The zero-order valence-corrected chi connectivity index (χ0v) is 10.1. The summed E-state index contributed by atoms with van der Waals surface area (Å²) in [6.07, 6.45) is 7.10. The first-order valence-corrected chi connectivity index (χ1v) is 5.99. The smallest absolute Gasteiger partial charge is 0.322 e. The third-order valence-corrected chi connectivity index (χ3v) is 3.13. The molecule has 0 unspecified atom stereocenters. The Balaban J connectivity index is 2.04. The maximum absolute atomic E-state index is 12.0. The number of likely N-dealkylation sites (tertiary alicyclic amines) is 1. The van der Waals surface area contributed by atoms with E-state index in [0.717, 1.165) is 18.4 Å². The van der Waals surface area contributed by atoms with Crippen LogP contribution in [0.25, 0.3) is 0 Å². The van der Waals surface area contributed by atoms with Gasteiger partial charge in [-0.1, -0.05) is 12.0 Å². The van der Waals surface area contributed by atoms with Gasteiger partial charge in [0.1, 0.15) is 0 Å². The highest BCUT2D eigenvalue weighted by molar-refractivity contribution is 5.89. The molecular weight excluding hydrogens is 228 g/mol. The molecule has 1 saturated heterocycles. The Hall–Kier alpha value is -1.99. The number of urea groups is 1. The Kier molecular flexibility index (Phi) is 3.85. The van der Waals surface area contributed by atoms with Gasteiger partial charge in [-0.05, 0) is 31.0 Å². The van der Waals surface area contributed by atoms with Gasteiger partial charge in [0.05, 0.1) is 12.6 Å². The number of nitrogens with one attached hydrogen (secondary N) is 1. The largest absolute Gasteiger partial charge is 0.394 e. The second-order valence-electron chi connectivity index (χ2n) is 4.33. The van der Waals surface area contributed by atoms with E-state index in [-0.39, 0.29) is 18.7 Å². The number of rotatable bonds is 2. The van der Waals surface area contributed by atoms with Crippen molar-refractivity contribution < 1.29 is 9.90 Å². The molecule has 2 N–H and O–H groups in total. The average molecular weight is 244 g/mol. The van der Waals surface area contributed by atoms with Gasteiger partial charge < -0.3 is 15.3 Å². The van der Waals surface area contributed by atoms with E-state index in [1.54, 1.807) is 23.1 Å². The minimum Gasteiger partial charge on any atom is -0.394 e. The zero-order chi connectivity index (χ0) is 13.0. The summed E-state index contributed by atoms with van der Waals surface area (Å²) in [7, 11) is 0. The number of aliphatic hydroxyl groups excluding tert-OH is 1. The third kappa shape index (κ3) is 2.63. The van der Waals surface area contributed by atoms with E-state index in [4.69, 9.17) is 6.42 Å². The van der Waals surface area contributed by atoms with Crippen molar-refractivity contribution in [1.82, 2.24) is 4.90 Å². The second-order valence-corrected chi connectivity index (χ2v) is 4.33. The maximum Gasteiger partial charge on any atom is 0.322 e. The summed E-state index contributed by atoms with van der Waals surface area (Å²) < 4.78 is 0. The summed E-state index contributed by atoms with van der Waals surface area (Å²) in [5.74, 6) is 2.53. The van der Waals surface area contributed by atoms with Crippen LogP contribution in [0.3, 0.4) is 0 Å². The molecule has 0 radical (unpaired) electrons. The van der Waals surface area contributed by atoms with Crippen LogP contribution in [-0.2, 0) is 0 Å². The van der Waals surface area contributed by atoms with Gasteiger partial charge in [-0.25, -0.2) is 4.79 Å². The fourth-order valence-corrected chi connectivity index (χ4v) is 2.17. The summed E-state index contributed by atoms with van der Waals surface area (Å²) >= 11 is 0. The van der Waals surface area contributed by atoms with E-state index in [1.165, 1.54) is 0 Å². The molecule has 1 atom stereocenters. The van der Waals surface area contributed by atoms with Gasteiger partial charge in [-0.15, -0.1) is 6.42 Å². The summed E-state index contributed by atoms with van der Waals surface area (Å²) in [4.78, 5) is 13.7. The first-order chi connectivity index (χ1) is 8.74. The fraction of sp³-hybridized carbons (Fsp3) is 0.357. The number of hydrogen-bond donors (Lipinski definition) is 2. The average Bonchev–Trinajstić information content (AvgIpc) is 2.87. The van der Waals surface area contributed by atoms with Crippen LogP contribution in [0.2, 0.25) is 0 Å². The van der Waals surface area contributed by atoms with Gasteiger partial charge in [0.25, 0.3) is 0 Å². The van der Waals surface area contributed by atoms with Crippen molar-refractivity contribution in [3.05, 3.63) is 29.8 Å². The van der Waals surface area contributed by atoms with Crippen molar-refractivity contribution in [2.45, 2.75) is 18.9 Å². The molecular formula is C14H16N2O2. The molecule has 1 aliphatic rings. The van der Waals surface area contributed by atoms with Crippen LogP contribution >= 0.6 is 0 Å². The minimum absolute atomic E-state index is 0.0117. The van der Waals surface area contributed by atoms with Crippen molar-refractivity contribution in [3.8, 4) is 12.3 Å². The Morgan fingerprint density at radius 3 is 3.17 bits per heavy atom. The lowest BCUT2D eigenvalue weighted by molar-refractivity contribution is 0.166. The predicted octanol–water partition coefficient (Wildman–Crippen LogP) is 1.66. The topological polar surface area (TPSA) is 52.6 Å². The van der Waals surface area contributed by atoms with E-state index in [1.807, 2.05) is 6.07 Å². The van der Waals surface area contributed by atoms with E-state index >= 15 is 0 Å². The molecule has 0 aromatic heterocycles. The van der Waals surface area contributed by atoms with E-state index in [0.29, 0.717) is 12.2 Å². The zero-order valence-electron chi connectivity index (χ0n) is 10.1. The summed E-state index contributed by atoms with van der Waals surface area (Å²) in [5.41, 5.74) is 1.41. The van der Waals surface area contributed by atoms with Crippen LogP contribution in [0.15, 0.2) is 24.3 Å². The molecule has 0 bridgehead atoms. The van der Waals surface area contributed by atoms with Crippen LogP contribution in [0.5, 0.6) is 0 Å². The second kappa shape index (κ2) is 5.56. The van der Waals surface area contributed by atoms with Crippen molar-refractivity contribution >= 4 is 11.7 Å². The lowest BCUT2D eigenvalue weighted by atomic mass is 10.2. The summed E-state index contributed by atoms with van der Waals surface area (Å²) in [5, 5.41) is 12.0. The van der Waals surface area contributed by atoms with Gasteiger partial charge >= 0.3 is 6.03 Å². The standard InChI is InChI=1S/C14H16N2O2/c1-2-11-5-3-6-12(9-11)15-14(18)16-8-4-7-13(16)10-17/h1,3,5-6,9,13,17H,4,7-8,10H2,(H,15,18)/t13-/m0/s1. The highest BCUT2D eigenvalue weighted by atomic mass is 16.3. The van der Waals surface area contributed by atoms with Crippen LogP contribution < -0.4 is 5.32 Å². The Morgan fingerprint density at radius 1 is 1.61 bits per heavy atom. The highest BCUT2D eigenvalue weighted by Crippen LogP contribution is 2.18. The number of terminal acetylenes is 1. The molecule has 2 rings (SSSR count). The number of nitrogens with zero attached hydrogens (tertiary/aromatic N) is 1. The number of amides is 2. The third-order valence-electron chi connectivity index (χ3n) is 3.13. The lowest BCUT2D eigenvalue weighted by Gasteiger charge is -2.23. The van der Waals surface area contributed by atoms with E-state index < -0.39 is 0 Å². The van der Waals surface area contributed by atoms with Crippen LogP contribution in [0, 0.1) is 12.3 Å². The van der Waals surface area contributed by atoms with Crippen LogP contribution in [0.4, 0.5) is 10.5 Å². The molecule has 0 saturated carbocycles. The maximum atomic E-state index is 12.0. The van der Waals surface area contributed by atoms with Gasteiger partial charge in [-0.3, -0.25) is 0 Å².